The van der Waals surface area contributed by atoms with E-state index in [1.165, 1.54) is 16.8 Å². The lowest BCUT2D eigenvalue weighted by atomic mass is 10.1. The molecule has 6 heteroatoms. The molecule has 31 heavy (non-hydrogen) atoms. The van der Waals surface area contributed by atoms with Gasteiger partial charge in [-0.3, -0.25) is 14.7 Å². The molecule has 1 unspecified atom stereocenters. The molecule has 0 bridgehead atoms. The lowest BCUT2D eigenvalue weighted by Crippen LogP contribution is -2.48. The Hall–Kier alpha value is -3.12. The Morgan fingerprint density at radius 3 is 2.61 bits per heavy atom. The van der Waals surface area contributed by atoms with Crippen LogP contribution in [-0.2, 0) is 19.5 Å². The molecule has 4 heterocycles. The van der Waals surface area contributed by atoms with Crippen LogP contribution in [0, 0.1) is 0 Å². The van der Waals surface area contributed by atoms with Gasteiger partial charge in [0.05, 0.1) is 18.4 Å². The molecule has 2 aromatic heterocycles. The van der Waals surface area contributed by atoms with Crippen molar-refractivity contribution < 1.29 is 9.21 Å². The van der Waals surface area contributed by atoms with Crippen LogP contribution in [0.1, 0.15) is 34.2 Å². The zero-order chi connectivity index (χ0) is 21.2. The van der Waals surface area contributed by atoms with Crippen molar-refractivity contribution >= 4 is 11.6 Å². The molecule has 0 radical (unpaired) electrons. The van der Waals surface area contributed by atoms with Crippen molar-refractivity contribution in [3.05, 3.63) is 83.6 Å². The second kappa shape index (κ2) is 8.55. The number of fused-ring (bicyclic) bond motifs is 1. The minimum absolute atomic E-state index is 0.0763. The maximum absolute atomic E-state index is 13.3. The van der Waals surface area contributed by atoms with E-state index in [1.54, 1.807) is 6.26 Å². The zero-order valence-electron chi connectivity index (χ0n) is 17.9. The Labute approximate surface area is 183 Å². The molecule has 2 aliphatic rings. The topological polar surface area (TPSA) is 52.8 Å². The summed E-state index contributed by atoms with van der Waals surface area (Å²) < 4.78 is 5.80. The van der Waals surface area contributed by atoms with Crippen molar-refractivity contribution in [1.29, 1.82) is 0 Å². The number of rotatable bonds is 5. The highest BCUT2D eigenvalue weighted by molar-refractivity contribution is 5.95. The normalized spacial score (nSPS) is 18.9. The SMILES string of the molecule is CC1Cc2ccccc2N1Cc1occc1C(=O)N1CCN(Cc2ccncc2)CC1. The van der Waals surface area contributed by atoms with Gasteiger partial charge in [0, 0.05) is 56.8 Å². The summed E-state index contributed by atoms with van der Waals surface area (Å²) in [4.78, 5) is 24.0. The summed E-state index contributed by atoms with van der Waals surface area (Å²) in [6.07, 6.45) is 6.33. The van der Waals surface area contributed by atoms with E-state index in [2.05, 4.69) is 46.0 Å². The number of furan rings is 1. The van der Waals surface area contributed by atoms with Crippen LogP contribution in [0.4, 0.5) is 5.69 Å². The highest BCUT2D eigenvalue weighted by Gasteiger charge is 2.30. The van der Waals surface area contributed by atoms with Gasteiger partial charge in [-0.25, -0.2) is 0 Å². The fraction of sp³-hybridized carbons (Fsp3) is 0.360. The largest absolute Gasteiger partial charge is 0.467 e. The molecule has 0 aliphatic carbocycles. The van der Waals surface area contributed by atoms with E-state index >= 15 is 0 Å². The summed E-state index contributed by atoms with van der Waals surface area (Å²) in [7, 11) is 0. The van der Waals surface area contributed by atoms with E-state index in [0.717, 1.165) is 44.9 Å². The van der Waals surface area contributed by atoms with Gasteiger partial charge in [-0.15, -0.1) is 0 Å². The number of hydrogen-bond donors (Lipinski definition) is 0. The molecule has 1 atom stereocenters. The molecule has 1 fully saturated rings. The number of para-hydroxylation sites is 1. The zero-order valence-corrected chi connectivity index (χ0v) is 17.9. The standard InChI is InChI=1S/C25H28N4O2/c1-19-16-21-4-2-3-5-23(21)29(19)18-24-22(8-15-31-24)25(30)28-13-11-27(12-14-28)17-20-6-9-26-10-7-20/h2-10,15,19H,11-14,16-18H2,1H3. The number of aromatic nitrogens is 1. The summed E-state index contributed by atoms with van der Waals surface area (Å²) in [5.41, 5.74) is 4.56. The van der Waals surface area contributed by atoms with E-state index < -0.39 is 0 Å². The van der Waals surface area contributed by atoms with Gasteiger partial charge in [-0.1, -0.05) is 18.2 Å². The molecule has 1 saturated heterocycles. The maximum Gasteiger partial charge on any atom is 0.257 e. The van der Waals surface area contributed by atoms with Crippen LogP contribution in [0.2, 0.25) is 0 Å². The molecule has 1 amide bonds. The van der Waals surface area contributed by atoms with Crippen LogP contribution in [-0.4, -0.2) is 52.9 Å². The maximum atomic E-state index is 13.3. The number of carbonyl (C=O) groups excluding carboxylic acids is 1. The Morgan fingerprint density at radius 1 is 1.03 bits per heavy atom. The number of amides is 1. The van der Waals surface area contributed by atoms with Crippen LogP contribution in [0.25, 0.3) is 0 Å². The quantitative estimate of drug-likeness (QED) is 0.636. The number of pyridine rings is 1. The van der Waals surface area contributed by atoms with Crippen LogP contribution < -0.4 is 4.90 Å². The first-order valence-corrected chi connectivity index (χ1v) is 11.0. The minimum Gasteiger partial charge on any atom is -0.467 e. The Kier molecular flexibility index (Phi) is 5.47. The lowest BCUT2D eigenvalue weighted by molar-refractivity contribution is 0.0626. The number of carbonyl (C=O) groups is 1. The van der Waals surface area contributed by atoms with Crippen molar-refractivity contribution in [2.45, 2.75) is 32.5 Å². The molecular weight excluding hydrogens is 388 g/mol. The first-order valence-electron chi connectivity index (χ1n) is 11.0. The third-order valence-corrected chi connectivity index (χ3v) is 6.45. The predicted octanol–water partition coefficient (Wildman–Crippen LogP) is 3.58. The van der Waals surface area contributed by atoms with Crippen molar-refractivity contribution in [2.24, 2.45) is 0 Å². The molecule has 0 N–H and O–H groups in total. The molecule has 3 aromatic rings. The first kappa shape index (κ1) is 19.8. The van der Waals surface area contributed by atoms with E-state index in [0.29, 0.717) is 18.2 Å². The summed E-state index contributed by atoms with van der Waals surface area (Å²) in [5.74, 6) is 0.834. The van der Waals surface area contributed by atoms with Gasteiger partial charge >= 0.3 is 0 Å². The smallest absolute Gasteiger partial charge is 0.257 e. The third kappa shape index (κ3) is 4.08. The monoisotopic (exact) mass is 416 g/mol. The van der Waals surface area contributed by atoms with Crippen molar-refractivity contribution in [3.63, 3.8) is 0 Å². The molecular formula is C25H28N4O2. The van der Waals surface area contributed by atoms with Gasteiger partial charge in [0.1, 0.15) is 5.76 Å². The van der Waals surface area contributed by atoms with Gasteiger partial charge in [0.25, 0.3) is 5.91 Å². The predicted molar refractivity (Wildman–Crippen MR) is 120 cm³/mol. The Bertz CT molecular complexity index is 1040. The highest BCUT2D eigenvalue weighted by atomic mass is 16.3. The van der Waals surface area contributed by atoms with E-state index in [4.69, 9.17) is 4.42 Å². The van der Waals surface area contributed by atoms with Crippen LogP contribution in [0.3, 0.4) is 0 Å². The first-order chi connectivity index (χ1) is 15.2. The second-order valence-electron chi connectivity index (χ2n) is 8.49. The van der Waals surface area contributed by atoms with Gasteiger partial charge in [0.15, 0.2) is 0 Å². The lowest BCUT2D eigenvalue weighted by Gasteiger charge is -2.34. The molecule has 0 spiro atoms. The average molecular weight is 417 g/mol. The van der Waals surface area contributed by atoms with Gasteiger partial charge in [-0.05, 0) is 48.7 Å². The summed E-state index contributed by atoms with van der Waals surface area (Å²) in [6, 6.07) is 14.8. The Balaban J connectivity index is 1.23. The fourth-order valence-corrected chi connectivity index (χ4v) is 4.70. The van der Waals surface area contributed by atoms with E-state index in [-0.39, 0.29) is 5.91 Å². The van der Waals surface area contributed by atoms with Gasteiger partial charge in [-0.2, -0.15) is 0 Å². The second-order valence-corrected chi connectivity index (χ2v) is 8.49. The number of nitrogens with zero attached hydrogens (tertiary/aromatic N) is 4. The Morgan fingerprint density at radius 2 is 1.81 bits per heavy atom. The number of anilines is 1. The summed E-state index contributed by atoms with van der Waals surface area (Å²) >= 11 is 0. The van der Waals surface area contributed by atoms with E-state index in [1.807, 2.05) is 35.5 Å². The minimum atomic E-state index is 0.0763. The average Bonchev–Trinajstić information content (AvgIpc) is 3.39. The highest BCUT2D eigenvalue weighted by Crippen LogP contribution is 2.33. The number of hydrogen-bond acceptors (Lipinski definition) is 5. The summed E-state index contributed by atoms with van der Waals surface area (Å²) in [5, 5.41) is 0. The van der Waals surface area contributed by atoms with Crippen LogP contribution >= 0.6 is 0 Å². The molecule has 6 nitrogen and oxygen atoms in total. The molecule has 160 valence electrons. The van der Waals surface area contributed by atoms with Crippen LogP contribution in [0.15, 0.2) is 65.5 Å². The third-order valence-electron chi connectivity index (χ3n) is 6.45. The van der Waals surface area contributed by atoms with E-state index in [9.17, 15) is 4.79 Å². The molecule has 5 rings (SSSR count). The molecule has 1 aromatic carbocycles. The van der Waals surface area contributed by atoms with Gasteiger partial charge < -0.3 is 14.2 Å². The number of benzene rings is 1. The molecule has 0 saturated carbocycles. The molecule has 2 aliphatic heterocycles. The van der Waals surface area contributed by atoms with Crippen molar-refractivity contribution in [3.8, 4) is 0 Å². The van der Waals surface area contributed by atoms with Crippen molar-refractivity contribution in [1.82, 2.24) is 14.8 Å². The number of piperazine rings is 1. The fourth-order valence-electron chi connectivity index (χ4n) is 4.70. The summed E-state index contributed by atoms with van der Waals surface area (Å²) in [6.45, 7) is 6.96. The van der Waals surface area contributed by atoms with Crippen LogP contribution in [0.5, 0.6) is 0 Å². The van der Waals surface area contributed by atoms with Gasteiger partial charge in [0.2, 0.25) is 0 Å². The van der Waals surface area contributed by atoms with Crippen molar-refractivity contribution in [2.75, 3.05) is 31.1 Å².